The smallest absolute Gasteiger partial charge is 0.0837 e. The molecule has 0 aliphatic carbocycles. The van der Waals surface area contributed by atoms with Gasteiger partial charge in [-0.3, -0.25) is 4.68 Å². The van der Waals surface area contributed by atoms with Gasteiger partial charge in [-0.05, 0) is 30.5 Å². The predicted octanol–water partition coefficient (Wildman–Crippen LogP) is 3.50. The van der Waals surface area contributed by atoms with Crippen LogP contribution < -0.4 is 5.73 Å². The standard InChI is InChI=1S/C13H15BrClN3/c1-7-4-9(5-8(2)11(7)14)12(16)13-10(15)6-17-18(13)3/h4-6,12H,16H2,1-3H3. The van der Waals surface area contributed by atoms with Crippen LogP contribution in [-0.2, 0) is 7.05 Å². The SMILES string of the molecule is Cc1cc(C(N)c2c(Cl)cnn2C)cc(C)c1Br. The molecule has 3 nitrogen and oxygen atoms in total. The molecule has 0 radical (unpaired) electrons. The highest BCUT2D eigenvalue weighted by Gasteiger charge is 2.18. The van der Waals surface area contributed by atoms with Crippen molar-refractivity contribution in [3.63, 3.8) is 0 Å². The van der Waals surface area contributed by atoms with E-state index in [9.17, 15) is 0 Å². The van der Waals surface area contributed by atoms with Crippen molar-refractivity contribution in [1.29, 1.82) is 0 Å². The Morgan fingerprint density at radius 2 is 1.89 bits per heavy atom. The van der Waals surface area contributed by atoms with Gasteiger partial charge in [0.2, 0.25) is 0 Å². The van der Waals surface area contributed by atoms with Gasteiger partial charge in [0.15, 0.2) is 0 Å². The van der Waals surface area contributed by atoms with Gasteiger partial charge in [0.25, 0.3) is 0 Å². The summed E-state index contributed by atoms with van der Waals surface area (Å²) in [6.07, 6.45) is 1.62. The van der Waals surface area contributed by atoms with Gasteiger partial charge in [0.1, 0.15) is 0 Å². The van der Waals surface area contributed by atoms with Crippen LogP contribution in [0.2, 0.25) is 5.02 Å². The van der Waals surface area contributed by atoms with Gasteiger partial charge in [0, 0.05) is 11.5 Å². The van der Waals surface area contributed by atoms with Crippen LogP contribution >= 0.6 is 27.5 Å². The monoisotopic (exact) mass is 327 g/mol. The van der Waals surface area contributed by atoms with Crippen LogP contribution in [0.4, 0.5) is 0 Å². The summed E-state index contributed by atoms with van der Waals surface area (Å²) in [5.74, 6) is 0. The summed E-state index contributed by atoms with van der Waals surface area (Å²) < 4.78 is 2.84. The van der Waals surface area contributed by atoms with Crippen molar-refractivity contribution in [3.05, 3.63) is 50.2 Å². The molecule has 18 heavy (non-hydrogen) atoms. The van der Waals surface area contributed by atoms with Crippen LogP contribution in [0.1, 0.15) is 28.4 Å². The Bertz CT molecular complexity index is 549. The first-order chi connectivity index (χ1) is 8.41. The number of halogens is 2. The molecule has 1 atom stereocenters. The second-order valence-corrected chi connectivity index (χ2v) is 5.65. The van der Waals surface area contributed by atoms with E-state index >= 15 is 0 Å². The van der Waals surface area contributed by atoms with Gasteiger partial charge in [-0.2, -0.15) is 5.10 Å². The van der Waals surface area contributed by atoms with Crippen LogP contribution in [0.15, 0.2) is 22.8 Å². The normalized spacial score (nSPS) is 12.8. The number of aromatic nitrogens is 2. The molecule has 1 aromatic heterocycles. The minimum atomic E-state index is -0.268. The molecule has 0 fully saturated rings. The number of nitrogens with two attached hydrogens (primary N) is 1. The lowest BCUT2D eigenvalue weighted by Gasteiger charge is -2.16. The van der Waals surface area contributed by atoms with Gasteiger partial charge in [0.05, 0.1) is 23.0 Å². The second-order valence-electron chi connectivity index (χ2n) is 4.45. The summed E-state index contributed by atoms with van der Waals surface area (Å²) in [6, 6.07) is 3.88. The van der Waals surface area contributed by atoms with E-state index in [0.717, 1.165) is 15.7 Å². The highest BCUT2D eigenvalue weighted by molar-refractivity contribution is 9.10. The van der Waals surface area contributed by atoms with Crippen molar-refractivity contribution in [2.45, 2.75) is 19.9 Å². The van der Waals surface area contributed by atoms with Gasteiger partial charge in [-0.15, -0.1) is 0 Å². The topological polar surface area (TPSA) is 43.8 Å². The van der Waals surface area contributed by atoms with Gasteiger partial charge >= 0.3 is 0 Å². The van der Waals surface area contributed by atoms with Crippen LogP contribution in [0.5, 0.6) is 0 Å². The van der Waals surface area contributed by atoms with E-state index in [-0.39, 0.29) is 6.04 Å². The molecule has 1 aromatic carbocycles. The maximum absolute atomic E-state index is 6.29. The highest BCUT2D eigenvalue weighted by atomic mass is 79.9. The fraction of sp³-hybridized carbons (Fsp3) is 0.308. The summed E-state index contributed by atoms with van der Waals surface area (Å²) >= 11 is 9.68. The lowest BCUT2D eigenvalue weighted by molar-refractivity contribution is 0.673. The maximum Gasteiger partial charge on any atom is 0.0837 e. The van der Waals surface area contributed by atoms with E-state index in [2.05, 4.69) is 47.0 Å². The molecule has 2 aromatic rings. The maximum atomic E-state index is 6.29. The first-order valence-electron chi connectivity index (χ1n) is 5.61. The van der Waals surface area contributed by atoms with E-state index in [1.807, 2.05) is 7.05 Å². The minimum Gasteiger partial charge on any atom is -0.319 e. The number of aryl methyl sites for hydroxylation is 3. The largest absolute Gasteiger partial charge is 0.319 e. The quantitative estimate of drug-likeness (QED) is 0.917. The van der Waals surface area contributed by atoms with E-state index in [1.54, 1.807) is 10.9 Å². The van der Waals surface area contributed by atoms with Gasteiger partial charge < -0.3 is 5.73 Å². The summed E-state index contributed by atoms with van der Waals surface area (Å²) in [6.45, 7) is 4.11. The molecule has 0 aliphatic rings. The van der Waals surface area contributed by atoms with Crippen molar-refractivity contribution in [2.75, 3.05) is 0 Å². The molecule has 0 spiro atoms. The van der Waals surface area contributed by atoms with Crippen molar-refractivity contribution >= 4 is 27.5 Å². The first-order valence-corrected chi connectivity index (χ1v) is 6.78. The van der Waals surface area contributed by atoms with Gasteiger partial charge in [-0.1, -0.05) is 39.7 Å². The van der Waals surface area contributed by atoms with Gasteiger partial charge in [-0.25, -0.2) is 0 Å². The Morgan fingerprint density at radius 1 is 1.33 bits per heavy atom. The Labute approximate surface area is 120 Å². The fourth-order valence-electron chi connectivity index (χ4n) is 2.09. The van der Waals surface area contributed by atoms with E-state index in [4.69, 9.17) is 17.3 Å². The molecule has 5 heteroatoms. The lowest BCUT2D eigenvalue weighted by Crippen LogP contribution is -2.16. The average molecular weight is 329 g/mol. The van der Waals surface area contributed by atoms with Crippen LogP contribution in [0.25, 0.3) is 0 Å². The summed E-state index contributed by atoms with van der Waals surface area (Å²) in [7, 11) is 1.85. The van der Waals surface area contributed by atoms with Crippen LogP contribution in [0, 0.1) is 13.8 Å². The molecule has 1 unspecified atom stereocenters. The van der Waals surface area contributed by atoms with Crippen molar-refractivity contribution in [2.24, 2.45) is 12.8 Å². The molecule has 0 saturated carbocycles. The third kappa shape index (κ3) is 2.32. The zero-order chi connectivity index (χ0) is 13.4. The highest BCUT2D eigenvalue weighted by Crippen LogP contribution is 2.30. The van der Waals surface area contributed by atoms with Crippen LogP contribution in [0.3, 0.4) is 0 Å². The summed E-state index contributed by atoms with van der Waals surface area (Å²) in [5, 5.41) is 4.72. The Kier molecular flexibility index (Phi) is 3.80. The second kappa shape index (κ2) is 5.03. The molecule has 1 heterocycles. The van der Waals surface area contributed by atoms with Crippen molar-refractivity contribution < 1.29 is 0 Å². The zero-order valence-electron chi connectivity index (χ0n) is 10.5. The number of rotatable bonds is 2. The molecule has 96 valence electrons. The minimum absolute atomic E-state index is 0.268. The van der Waals surface area contributed by atoms with E-state index in [1.165, 1.54) is 11.1 Å². The summed E-state index contributed by atoms with van der Waals surface area (Å²) in [4.78, 5) is 0. The molecular weight excluding hydrogens is 314 g/mol. The predicted molar refractivity (Wildman–Crippen MR) is 77.9 cm³/mol. The number of nitrogens with zero attached hydrogens (tertiary/aromatic N) is 2. The third-order valence-corrected chi connectivity index (χ3v) is 4.59. The fourth-order valence-corrected chi connectivity index (χ4v) is 2.60. The molecule has 2 rings (SSSR count). The zero-order valence-corrected chi connectivity index (χ0v) is 12.9. The molecular formula is C13H15BrClN3. The third-order valence-electron chi connectivity index (χ3n) is 3.05. The van der Waals surface area contributed by atoms with Crippen LogP contribution in [-0.4, -0.2) is 9.78 Å². The molecule has 0 amide bonds. The summed E-state index contributed by atoms with van der Waals surface area (Å²) in [5.41, 5.74) is 10.5. The Balaban J connectivity index is 2.50. The molecule has 0 bridgehead atoms. The Hall–Kier alpha value is -0.840. The molecule has 0 saturated heterocycles. The number of benzene rings is 1. The number of hydrogen-bond donors (Lipinski definition) is 1. The molecule has 0 aliphatic heterocycles. The lowest BCUT2D eigenvalue weighted by atomic mass is 10.00. The number of hydrogen-bond acceptors (Lipinski definition) is 2. The average Bonchev–Trinajstić information content (AvgIpc) is 2.64. The Morgan fingerprint density at radius 3 is 2.33 bits per heavy atom. The van der Waals surface area contributed by atoms with Crippen molar-refractivity contribution in [1.82, 2.24) is 9.78 Å². The van der Waals surface area contributed by atoms with Crippen molar-refractivity contribution in [3.8, 4) is 0 Å². The first kappa shape index (κ1) is 13.6. The van der Waals surface area contributed by atoms with E-state index < -0.39 is 0 Å². The van der Waals surface area contributed by atoms with E-state index in [0.29, 0.717) is 5.02 Å². The molecule has 2 N–H and O–H groups in total.